The predicted octanol–water partition coefficient (Wildman–Crippen LogP) is 3.56. The highest BCUT2D eigenvalue weighted by Gasteiger charge is 2.27. The van der Waals surface area contributed by atoms with Crippen LogP contribution in [-0.4, -0.2) is 33.1 Å². The quantitative estimate of drug-likeness (QED) is 0.512. The number of benzene rings is 1. The van der Waals surface area contributed by atoms with Crippen molar-refractivity contribution in [3.05, 3.63) is 64.4 Å². The third kappa shape index (κ3) is 3.62. The van der Waals surface area contributed by atoms with Crippen molar-refractivity contribution in [3.63, 3.8) is 0 Å². The van der Waals surface area contributed by atoms with Crippen LogP contribution >= 0.6 is 0 Å². The second-order valence-electron chi connectivity index (χ2n) is 6.38. The first-order valence-electron chi connectivity index (χ1n) is 8.55. The van der Waals surface area contributed by atoms with Crippen LogP contribution in [0.25, 0.3) is 11.4 Å². The Morgan fingerprint density at radius 2 is 2.04 bits per heavy atom. The van der Waals surface area contributed by atoms with Crippen molar-refractivity contribution in [3.8, 4) is 11.4 Å². The molecule has 2 aromatic heterocycles. The molecule has 1 saturated heterocycles. The van der Waals surface area contributed by atoms with E-state index in [2.05, 4.69) is 20.0 Å². The summed E-state index contributed by atoms with van der Waals surface area (Å²) >= 11 is 0. The molecule has 3 aromatic rings. The molecule has 0 amide bonds. The first-order valence-corrected chi connectivity index (χ1v) is 8.55. The van der Waals surface area contributed by atoms with Crippen LogP contribution in [0.4, 0.5) is 15.9 Å². The summed E-state index contributed by atoms with van der Waals surface area (Å²) in [6.07, 6.45) is 3.07. The van der Waals surface area contributed by atoms with E-state index in [-0.39, 0.29) is 17.4 Å². The summed E-state index contributed by atoms with van der Waals surface area (Å²) in [6, 6.07) is 9.03. The van der Waals surface area contributed by atoms with Crippen LogP contribution in [0.2, 0.25) is 0 Å². The average molecular weight is 369 g/mol. The molecular weight excluding hydrogens is 353 g/mol. The van der Waals surface area contributed by atoms with Gasteiger partial charge >= 0.3 is 0 Å². The number of nitro groups is 1. The van der Waals surface area contributed by atoms with Gasteiger partial charge in [0.05, 0.1) is 10.8 Å². The largest absolute Gasteiger partial charge is 0.356 e. The van der Waals surface area contributed by atoms with Gasteiger partial charge in [0.2, 0.25) is 11.7 Å². The van der Waals surface area contributed by atoms with E-state index < -0.39 is 4.92 Å². The topological polar surface area (TPSA) is 98.2 Å². The molecule has 4 rings (SSSR count). The standard InChI is InChI=1S/C18H16FN5O3/c19-14-5-3-12(4-6-14)17-21-18(27-22-17)13-2-1-9-23(11-13)16-8-7-15(10-20-16)24(25)26/h3-8,10,13H,1-2,9,11H2. The predicted molar refractivity (Wildman–Crippen MR) is 94.8 cm³/mol. The SMILES string of the molecule is O=[N+]([O-])c1ccc(N2CCCC(c3nc(-c4ccc(F)cc4)no3)C2)nc1. The Kier molecular flexibility index (Phi) is 4.49. The molecule has 1 aliphatic rings. The average Bonchev–Trinajstić information content (AvgIpc) is 3.19. The van der Waals surface area contributed by atoms with Gasteiger partial charge in [0.25, 0.3) is 5.69 Å². The number of halogens is 1. The van der Waals surface area contributed by atoms with Crippen molar-refractivity contribution in [2.45, 2.75) is 18.8 Å². The first kappa shape index (κ1) is 17.1. The van der Waals surface area contributed by atoms with Crippen molar-refractivity contribution in [1.29, 1.82) is 0 Å². The van der Waals surface area contributed by atoms with E-state index in [9.17, 15) is 14.5 Å². The zero-order chi connectivity index (χ0) is 18.8. The smallest absolute Gasteiger partial charge is 0.287 e. The summed E-state index contributed by atoms with van der Waals surface area (Å²) in [4.78, 5) is 21.0. The van der Waals surface area contributed by atoms with Crippen LogP contribution in [0.1, 0.15) is 24.7 Å². The summed E-state index contributed by atoms with van der Waals surface area (Å²) in [5.41, 5.74) is 0.657. The van der Waals surface area contributed by atoms with E-state index in [1.807, 2.05) is 0 Å². The molecule has 1 unspecified atom stereocenters. The number of piperidine rings is 1. The Morgan fingerprint density at radius 3 is 2.74 bits per heavy atom. The normalized spacial score (nSPS) is 17.1. The molecule has 0 N–H and O–H groups in total. The fourth-order valence-corrected chi connectivity index (χ4v) is 3.18. The Bertz CT molecular complexity index is 942. The molecular formula is C18H16FN5O3. The van der Waals surface area contributed by atoms with Gasteiger partial charge in [-0.3, -0.25) is 10.1 Å². The molecule has 0 bridgehead atoms. The van der Waals surface area contributed by atoms with Gasteiger partial charge in [-0.2, -0.15) is 4.98 Å². The van der Waals surface area contributed by atoms with E-state index in [0.29, 0.717) is 29.6 Å². The molecule has 0 saturated carbocycles. The number of hydrogen-bond acceptors (Lipinski definition) is 7. The molecule has 0 radical (unpaired) electrons. The van der Waals surface area contributed by atoms with E-state index in [0.717, 1.165) is 19.4 Å². The van der Waals surface area contributed by atoms with Crippen molar-refractivity contribution in [2.75, 3.05) is 18.0 Å². The van der Waals surface area contributed by atoms with E-state index >= 15 is 0 Å². The summed E-state index contributed by atoms with van der Waals surface area (Å²) < 4.78 is 18.5. The van der Waals surface area contributed by atoms with E-state index in [1.165, 1.54) is 24.4 Å². The highest BCUT2D eigenvalue weighted by molar-refractivity contribution is 5.54. The van der Waals surface area contributed by atoms with Crippen LogP contribution in [0.3, 0.4) is 0 Å². The Hall–Kier alpha value is -3.36. The van der Waals surface area contributed by atoms with Crippen LogP contribution < -0.4 is 4.90 Å². The van der Waals surface area contributed by atoms with E-state index in [4.69, 9.17) is 4.52 Å². The van der Waals surface area contributed by atoms with Gasteiger partial charge < -0.3 is 9.42 Å². The van der Waals surface area contributed by atoms with Gasteiger partial charge in [0.1, 0.15) is 17.8 Å². The van der Waals surface area contributed by atoms with Gasteiger partial charge in [-0.05, 0) is 43.2 Å². The number of anilines is 1. The van der Waals surface area contributed by atoms with E-state index in [1.54, 1.807) is 18.2 Å². The summed E-state index contributed by atoms with van der Waals surface area (Å²) in [7, 11) is 0. The van der Waals surface area contributed by atoms with Crippen molar-refractivity contribution in [1.82, 2.24) is 15.1 Å². The van der Waals surface area contributed by atoms with Crippen molar-refractivity contribution in [2.24, 2.45) is 0 Å². The highest BCUT2D eigenvalue weighted by Crippen LogP contribution is 2.30. The first-order chi connectivity index (χ1) is 13.1. The second kappa shape index (κ2) is 7.10. The number of nitrogens with zero attached hydrogens (tertiary/aromatic N) is 5. The molecule has 1 aliphatic heterocycles. The lowest BCUT2D eigenvalue weighted by atomic mass is 9.98. The van der Waals surface area contributed by atoms with Crippen LogP contribution in [0.15, 0.2) is 47.1 Å². The number of hydrogen-bond donors (Lipinski definition) is 0. The minimum absolute atomic E-state index is 0.0341. The maximum Gasteiger partial charge on any atom is 0.287 e. The van der Waals surface area contributed by atoms with Gasteiger partial charge in [-0.1, -0.05) is 5.16 Å². The lowest BCUT2D eigenvalue weighted by Crippen LogP contribution is -2.35. The maximum absolute atomic E-state index is 13.1. The van der Waals surface area contributed by atoms with Gasteiger partial charge in [-0.15, -0.1) is 0 Å². The fourth-order valence-electron chi connectivity index (χ4n) is 3.18. The Morgan fingerprint density at radius 1 is 1.22 bits per heavy atom. The lowest BCUT2D eigenvalue weighted by molar-refractivity contribution is -0.385. The molecule has 8 nitrogen and oxygen atoms in total. The molecule has 0 aliphatic carbocycles. The van der Waals surface area contributed by atoms with Crippen molar-refractivity contribution < 1.29 is 13.8 Å². The van der Waals surface area contributed by atoms with Crippen LogP contribution in [0, 0.1) is 15.9 Å². The molecule has 1 fully saturated rings. The zero-order valence-corrected chi connectivity index (χ0v) is 14.3. The third-order valence-electron chi connectivity index (χ3n) is 4.58. The molecule has 138 valence electrons. The molecule has 1 atom stereocenters. The van der Waals surface area contributed by atoms with Gasteiger partial charge in [0.15, 0.2) is 0 Å². The molecule has 3 heterocycles. The van der Waals surface area contributed by atoms with Crippen molar-refractivity contribution >= 4 is 11.5 Å². The minimum atomic E-state index is -0.467. The molecule has 1 aromatic carbocycles. The highest BCUT2D eigenvalue weighted by atomic mass is 19.1. The lowest BCUT2D eigenvalue weighted by Gasteiger charge is -2.31. The number of aromatic nitrogens is 3. The number of pyridine rings is 1. The second-order valence-corrected chi connectivity index (χ2v) is 6.38. The molecule has 9 heteroatoms. The monoisotopic (exact) mass is 369 g/mol. The molecule has 0 spiro atoms. The van der Waals surface area contributed by atoms with Crippen LogP contribution in [-0.2, 0) is 0 Å². The Balaban J connectivity index is 1.50. The molecule has 27 heavy (non-hydrogen) atoms. The fraction of sp³-hybridized carbons (Fsp3) is 0.278. The Labute approximate surface area is 153 Å². The number of rotatable bonds is 4. The summed E-state index contributed by atoms with van der Waals surface area (Å²) in [5.74, 6) is 1.36. The zero-order valence-electron chi connectivity index (χ0n) is 14.3. The third-order valence-corrected chi connectivity index (χ3v) is 4.58. The van der Waals surface area contributed by atoms with Crippen LogP contribution in [0.5, 0.6) is 0 Å². The van der Waals surface area contributed by atoms with Gasteiger partial charge in [-0.25, -0.2) is 9.37 Å². The van der Waals surface area contributed by atoms with Gasteiger partial charge in [0, 0.05) is 24.7 Å². The minimum Gasteiger partial charge on any atom is -0.356 e. The summed E-state index contributed by atoms with van der Waals surface area (Å²) in [6.45, 7) is 1.44. The maximum atomic E-state index is 13.1. The summed E-state index contributed by atoms with van der Waals surface area (Å²) in [5, 5.41) is 14.8.